The van der Waals surface area contributed by atoms with Crippen LogP contribution in [0.15, 0.2) is 35.7 Å². The Morgan fingerprint density at radius 1 is 1.41 bits per heavy atom. The van der Waals surface area contributed by atoms with Gasteiger partial charge in [0.15, 0.2) is 0 Å². The van der Waals surface area contributed by atoms with Crippen LogP contribution in [0.4, 0.5) is 0 Å². The fourth-order valence-corrected chi connectivity index (χ4v) is 3.20. The normalized spacial score (nSPS) is 11.0. The monoisotopic (exact) mass is 315 g/mol. The molecule has 6 heteroatoms. The zero-order valence-corrected chi connectivity index (χ0v) is 13.3. The Kier molecular flexibility index (Phi) is 4.22. The van der Waals surface area contributed by atoms with Gasteiger partial charge in [-0.1, -0.05) is 18.2 Å². The van der Waals surface area contributed by atoms with E-state index in [-0.39, 0.29) is 5.91 Å². The quantitative estimate of drug-likeness (QED) is 0.737. The number of nitrogens with zero attached hydrogens (tertiary/aromatic N) is 2. The van der Waals surface area contributed by atoms with Gasteiger partial charge in [0.1, 0.15) is 10.7 Å². The molecule has 114 valence electrons. The van der Waals surface area contributed by atoms with Crippen molar-refractivity contribution in [3.05, 3.63) is 41.4 Å². The minimum Gasteiger partial charge on any atom is -0.383 e. The van der Waals surface area contributed by atoms with Crippen LogP contribution >= 0.6 is 11.3 Å². The molecule has 2 aromatic heterocycles. The molecular formula is C16H17N3O2S. The highest BCUT2D eigenvalue weighted by molar-refractivity contribution is 7.13. The van der Waals surface area contributed by atoms with Gasteiger partial charge in [0, 0.05) is 37.0 Å². The van der Waals surface area contributed by atoms with Crippen molar-refractivity contribution in [3.63, 3.8) is 0 Å². The minimum atomic E-state index is -0.168. The molecule has 0 aliphatic carbocycles. The molecule has 3 rings (SSSR count). The van der Waals surface area contributed by atoms with E-state index in [2.05, 4.69) is 33.1 Å². The van der Waals surface area contributed by atoms with E-state index in [0.717, 1.165) is 16.2 Å². The molecule has 0 aliphatic heterocycles. The highest BCUT2D eigenvalue weighted by Crippen LogP contribution is 2.29. The number of carbonyl (C=O) groups is 1. The van der Waals surface area contributed by atoms with Crippen molar-refractivity contribution >= 4 is 28.1 Å². The summed E-state index contributed by atoms with van der Waals surface area (Å²) in [4.78, 5) is 16.5. The average molecular weight is 315 g/mol. The van der Waals surface area contributed by atoms with Crippen molar-refractivity contribution in [2.75, 3.05) is 20.3 Å². The van der Waals surface area contributed by atoms with Gasteiger partial charge in [-0.15, -0.1) is 11.3 Å². The number of hydrogen-bond acceptors (Lipinski definition) is 4. The van der Waals surface area contributed by atoms with Gasteiger partial charge in [0.25, 0.3) is 5.91 Å². The fraction of sp³-hybridized carbons (Fsp3) is 0.250. The highest BCUT2D eigenvalue weighted by Gasteiger charge is 2.14. The van der Waals surface area contributed by atoms with E-state index in [4.69, 9.17) is 4.74 Å². The molecule has 1 N–H and O–H groups in total. The Hall–Kier alpha value is -2.18. The molecule has 5 nitrogen and oxygen atoms in total. The van der Waals surface area contributed by atoms with Crippen LogP contribution in [0, 0.1) is 0 Å². The Balaban J connectivity index is 1.86. The summed E-state index contributed by atoms with van der Waals surface area (Å²) in [5.74, 6) is -0.168. The zero-order chi connectivity index (χ0) is 15.5. The number of rotatable bonds is 5. The van der Waals surface area contributed by atoms with Gasteiger partial charge < -0.3 is 14.6 Å². The van der Waals surface area contributed by atoms with E-state index in [0.29, 0.717) is 18.8 Å². The molecule has 22 heavy (non-hydrogen) atoms. The van der Waals surface area contributed by atoms with Crippen LogP contribution in [0.3, 0.4) is 0 Å². The second kappa shape index (κ2) is 6.29. The maximum absolute atomic E-state index is 12.0. The number of thiazole rings is 1. The number of nitrogens with one attached hydrogen (secondary N) is 1. The molecule has 1 aromatic carbocycles. The van der Waals surface area contributed by atoms with E-state index in [9.17, 15) is 4.79 Å². The van der Waals surface area contributed by atoms with Crippen molar-refractivity contribution in [1.82, 2.24) is 14.9 Å². The van der Waals surface area contributed by atoms with Crippen LogP contribution in [0.5, 0.6) is 0 Å². The third-order valence-electron chi connectivity index (χ3n) is 3.50. The number of benzene rings is 1. The van der Waals surface area contributed by atoms with Crippen molar-refractivity contribution in [2.24, 2.45) is 7.05 Å². The molecule has 1 amide bonds. The topological polar surface area (TPSA) is 56.1 Å². The number of aromatic nitrogens is 2. The molecule has 0 radical (unpaired) electrons. The number of amides is 1. The van der Waals surface area contributed by atoms with E-state index in [1.54, 1.807) is 12.5 Å². The van der Waals surface area contributed by atoms with Crippen molar-refractivity contribution in [3.8, 4) is 10.7 Å². The SMILES string of the molecule is COCCNC(=O)c1csc(-c2cc3ccccc3n2C)n1. The van der Waals surface area contributed by atoms with Gasteiger partial charge in [0.2, 0.25) is 0 Å². The molecule has 0 aliphatic rings. The van der Waals surface area contributed by atoms with Crippen molar-refractivity contribution in [1.29, 1.82) is 0 Å². The van der Waals surface area contributed by atoms with E-state index < -0.39 is 0 Å². The Morgan fingerprint density at radius 3 is 3.00 bits per heavy atom. The highest BCUT2D eigenvalue weighted by atomic mass is 32.1. The lowest BCUT2D eigenvalue weighted by molar-refractivity contribution is 0.0933. The number of fused-ring (bicyclic) bond motifs is 1. The van der Waals surface area contributed by atoms with Gasteiger partial charge in [-0.3, -0.25) is 4.79 Å². The third kappa shape index (κ3) is 2.75. The van der Waals surface area contributed by atoms with Gasteiger partial charge in [-0.05, 0) is 12.1 Å². The molecule has 0 unspecified atom stereocenters. The molecule has 0 saturated heterocycles. The van der Waals surface area contributed by atoms with Crippen LogP contribution < -0.4 is 5.32 Å². The number of aryl methyl sites for hydroxylation is 1. The number of para-hydroxylation sites is 1. The summed E-state index contributed by atoms with van der Waals surface area (Å²) in [6, 6.07) is 10.3. The summed E-state index contributed by atoms with van der Waals surface area (Å²) in [5, 5.41) is 6.58. The lowest BCUT2D eigenvalue weighted by Crippen LogP contribution is -2.27. The second-order valence-electron chi connectivity index (χ2n) is 4.93. The average Bonchev–Trinajstić information content (AvgIpc) is 3.13. The van der Waals surface area contributed by atoms with Crippen LogP contribution in [0.1, 0.15) is 10.5 Å². The molecule has 0 atom stereocenters. The number of hydrogen-bond donors (Lipinski definition) is 1. The van der Waals surface area contributed by atoms with Crippen molar-refractivity contribution < 1.29 is 9.53 Å². The lowest BCUT2D eigenvalue weighted by atomic mass is 10.2. The zero-order valence-electron chi connectivity index (χ0n) is 12.5. The number of methoxy groups -OCH3 is 1. The second-order valence-corrected chi connectivity index (χ2v) is 5.79. The molecular weight excluding hydrogens is 298 g/mol. The first-order valence-electron chi connectivity index (χ1n) is 6.98. The van der Waals surface area contributed by atoms with Gasteiger partial charge in [-0.25, -0.2) is 4.98 Å². The Labute approximate surface area is 132 Å². The maximum atomic E-state index is 12.0. The van der Waals surface area contributed by atoms with E-state index in [1.165, 1.54) is 16.7 Å². The predicted molar refractivity (Wildman–Crippen MR) is 88.2 cm³/mol. The standard InChI is InChI=1S/C16H17N3O2S/c1-19-13-6-4-3-5-11(13)9-14(19)16-18-12(10-22-16)15(20)17-7-8-21-2/h3-6,9-10H,7-8H2,1-2H3,(H,17,20). The summed E-state index contributed by atoms with van der Waals surface area (Å²) >= 11 is 1.48. The van der Waals surface area contributed by atoms with E-state index in [1.807, 2.05) is 19.2 Å². The Bertz CT molecular complexity index is 807. The summed E-state index contributed by atoms with van der Waals surface area (Å²) < 4.78 is 7.01. The molecule has 2 heterocycles. The summed E-state index contributed by atoms with van der Waals surface area (Å²) in [7, 11) is 3.62. The summed E-state index contributed by atoms with van der Waals surface area (Å²) in [5.41, 5.74) is 2.61. The smallest absolute Gasteiger partial charge is 0.270 e. The maximum Gasteiger partial charge on any atom is 0.270 e. The van der Waals surface area contributed by atoms with E-state index >= 15 is 0 Å². The van der Waals surface area contributed by atoms with Crippen molar-refractivity contribution in [2.45, 2.75) is 0 Å². The molecule has 0 fully saturated rings. The van der Waals surface area contributed by atoms with Crippen LogP contribution in [0.2, 0.25) is 0 Å². The molecule has 3 aromatic rings. The van der Waals surface area contributed by atoms with Crippen LogP contribution in [-0.2, 0) is 11.8 Å². The van der Waals surface area contributed by atoms with Gasteiger partial charge in [0.05, 0.1) is 12.3 Å². The fourth-order valence-electron chi connectivity index (χ4n) is 2.35. The minimum absolute atomic E-state index is 0.168. The number of ether oxygens (including phenoxy) is 1. The first-order chi connectivity index (χ1) is 10.7. The third-order valence-corrected chi connectivity index (χ3v) is 4.36. The van der Waals surface area contributed by atoms with Gasteiger partial charge in [-0.2, -0.15) is 0 Å². The Morgan fingerprint density at radius 2 is 2.23 bits per heavy atom. The van der Waals surface area contributed by atoms with Crippen LogP contribution in [0.25, 0.3) is 21.6 Å². The number of carbonyl (C=O) groups excluding carboxylic acids is 1. The largest absolute Gasteiger partial charge is 0.383 e. The van der Waals surface area contributed by atoms with Gasteiger partial charge >= 0.3 is 0 Å². The summed E-state index contributed by atoms with van der Waals surface area (Å²) in [6.07, 6.45) is 0. The first-order valence-corrected chi connectivity index (χ1v) is 7.86. The predicted octanol–water partition coefficient (Wildman–Crippen LogP) is 2.68. The van der Waals surface area contributed by atoms with Crippen LogP contribution in [-0.4, -0.2) is 35.7 Å². The molecule has 0 bridgehead atoms. The first kappa shape index (κ1) is 14.7. The summed E-state index contributed by atoms with van der Waals surface area (Å²) in [6.45, 7) is 0.974. The molecule has 0 spiro atoms. The lowest BCUT2D eigenvalue weighted by Gasteiger charge is -2.02. The molecule has 0 saturated carbocycles.